The van der Waals surface area contributed by atoms with E-state index in [2.05, 4.69) is 20.5 Å². The van der Waals surface area contributed by atoms with Gasteiger partial charge in [0, 0.05) is 20.7 Å². The van der Waals surface area contributed by atoms with Gasteiger partial charge in [-0.15, -0.1) is 27.8 Å². The number of halogens is 2. The first-order chi connectivity index (χ1) is 16.1. The summed E-state index contributed by atoms with van der Waals surface area (Å²) in [5, 5.41) is 19.9. The van der Waals surface area contributed by atoms with Crippen molar-refractivity contribution in [1.82, 2.24) is 15.2 Å². The van der Waals surface area contributed by atoms with Crippen molar-refractivity contribution >= 4 is 56.1 Å². The lowest BCUT2D eigenvalue weighted by molar-refractivity contribution is -0.386. The second kappa shape index (κ2) is 8.75. The number of fused-ring (bicyclic) bond motifs is 1. The first-order valence-electron chi connectivity index (χ1n) is 9.32. The Morgan fingerprint density at radius 2 is 2.06 bits per heavy atom. The predicted octanol–water partition coefficient (Wildman–Crippen LogP) is 4.26. The Hall–Kier alpha value is -3.98. The SMILES string of the molecule is COc1n[nH]c(C(=O)Nc2c(C(N)=O)sc3nc(C(F)F)cc(-c4ccc(C)s4)c23)c1[N+](=O)[O-]. The number of aromatic nitrogens is 3. The van der Waals surface area contributed by atoms with Gasteiger partial charge in [0.15, 0.2) is 0 Å². The molecular weight excluding hydrogens is 494 g/mol. The number of rotatable bonds is 7. The number of pyridine rings is 1. The van der Waals surface area contributed by atoms with Gasteiger partial charge in [-0.05, 0) is 25.1 Å². The van der Waals surface area contributed by atoms with Crippen LogP contribution in [0, 0.1) is 17.0 Å². The third kappa shape index (κ3) is 3.94. The molecule has 0 bridgehead atoms. The highest BCUT2D eigenvalue weighted by molar-refractivity contribution is 7.21. The molecule has 0 aromatic carbocycles. The van der Waals surface area contributed by atoms with E-state index < -0.39 is 46.1 Å². The minimum Gasteiger partial charge on any atom is -0.475 e. The molecule has 34 heavy (non-hydrogen) atoms. The fraction of sp³-hybridized carbons (Fsp3) is 0.158. The summed E-state index contributed by atoms with van der Waals surface area (Å²) in [5.74, 6) is -2.38. The molecule has 4 rings (SSSR count). The van der Waals surface area contributed by atoms with Gasteiger partial charge in [-0.1, -0.05) is 0 Å². The molecule has 4 N–H and O–H groups in total. The molecule has 15 heteroatoms. The number of nitro groups is 1. The number of amides is 2. The lowest BCUT2D eigenvalue weighted by Crippen LogP contribution is -2.18. The summed E-state index contributed by atoms with van der Waals surface area (Å²) in [4.78, 5) is 41.0. The van der Waals surface area contributed by atoms with Crippen LogP contribution in [-0.4, -0.2) is 39.0 Å². The Bertz CT molecular complexity index is 1460. The van der Waals surface area contributed by atoms with Gasteiger partial charge in [0.05, 0.1) is 17.7 Å². The van der Waals surface area contributed by atoms with Crippen LogP contribution in [0.2, 0.25) is 0 Å². The highest BCUT2D eigenvalue weighted by atomic mass is 32.1. The average molecular weight is 508 g/mol. The number of methoxy groups -OCH3 is 1. The molecule has 4 heterocycles. The molecule has 0 unspecified atom stereocenters. The summed E-state index contributed by atoms with van der Waals surface area (Å²) in [5.41, 5.74) is 3.91. The number of nitrogens with one attached hydrogen (secondary N) is 2. The number of hydrogen-bond donors (Lipinski definition) is 3. The molecule has 0 aliphatic carbocycles. The van der Waals surface area contributed by atoms with Crippen molar-refractivity contribution in [2.24, 2.45) is 5.73 Å². The number of anilines is 1. The Balaban J connectivity index is 1.94. The number of aromatic amines is 1. The van der Waals surface area contributed by atoms with Gasteiger partial charge in [0.25, 0.3) is 18.2 Å². The molecule has 0 aliphatic rings. The summed E-state index contributed by atoms with van der Waals surface area (Å²) in [6.07, 6.45) is -2.89. The average Bonchev–Trinajstić information content (AvgIpc) is 3.49. The number of hydrogen-bond acceptors (Lipinski definition) is 9. The molecule has 11 nitrogen and oxygen atoms in total. The fourth-order valence-corrected chi connectivity index (χ4v) is 5.17. The summed E-state index contributed by atoms with van der Waals surface area (Å²) >= 11 is 2.03. The van der Waals surface area contributed by atoms with Crippen LogP contribution >= 0.6 is 22.7 Å². The normalized spacial score (nSPS) is 11.2. The van der Waals surface area contributed by atoms with Crippen LogP contribution in [0.25, 0.3) is 20.7 Å². The largest absolute Gasteiger partial charge is 0.475 e. The van der Waals surface area contributed by atoms with Crippen LogP contribution in [0.15, 0.2) is 18.2 Å². The fourth-order valence-electron chi connectivity index (χ4n) is 3.26. The van der Waals surface area contributed by atoms with Gasteiger partial charge in [-0.3, -0.25) is 24.8 Å². The molecule has 0 aliphatic heterocycles. The maximum Gasteiger partial charge on any atom is 0.362 e. The Kier molecular flexibility index (Phi) is 5.97. The van der Waals surface area contributed by atoms with Crippen LogP contribution < -0.4 is 15.8 Å². The maximum atomic E-state index is 13.5. The Morgan fingerprint density at radius 3 is 2.62 bits per heavy atom. The number of carbonyl (C=O) groups is 2. The van der Waals surface area contributed by atoms with Crippen molar-refractivity contribution in [3.05, 3.63) is 49.5 Å². The number of thiophene rings is 2. The van der Waals surface area contributed by atoms with Crippen LogP contribution in [0.5, 0.6) is 5.88 Å². The predicted molar refractivity (Wildman–Crippen MR) is 121 cm³/mol. The van der Waals surface area contributed by atoms with Crippen molar-refractivity contribution in [1.29, 1.82) is 0 Å². The monoisotopic (exact) mass is 508 g/mol. The topological polar surface area (TPSA) is 166 Å². The minimum atomic E-state index is -2.89. The zero-order chi connectivity index (χ0) is 24.7. The molecule has 0 atom stereocenters. The van der Waals surface area contributed by atoms with Crippen molar-refractivity contribution < 1.29 is 28.0 Å². The van der Waals surface area contributed by atoms with E-state index in [0.717, 1.165) is 23.3 Å². The molecule has 4 aromatic rings. The van der Waals surface area contributed by atoms with E-state index in [0.29, 0.717) is 10.4 Å². The van der Waals surface area contributed by atoms with E-state index in [1.165, 1.54) is 17.4 Å². The smallest absolute Gasteiger partial charge is 0.362 e. The molecule has 2 amide bonds. The van der Waals surface area contributed by atoms with Crippen molar-refractivity contribution in [2.45, 2.75) is 13.3 Å². The highest BCUT2D eigenvalue weighted by Gasteiger charge is 2.32. The van der Waals surface area contributed by atoms with E-state index in [4.69, 9.17) is 10.5 Å². The minimum absolute atomic E-state index is 0.0413. The number of H-pyrrole nitrogens is 1. The van der Waals surface area contributed by atoms with Gasteiger partial charge in [0.2, 0.25) is 5.69 Å². The lowest BCUT2D eigenvalue weighted by Gasteiger charge is -2.09. The molecule has 0 fully saturated rings. The third-order valence-electron chi connectivity index (χ3n) is 4.69. The van der Waals surface area contributed by atoms with E-state index in [1.807, 2.05) is 6.92 Å². The summed E-state index contributed by atoms with van der Waals surface area (Å²) in [6, 6.07) is 4.67. The molecule has 0 saturated carbocycles. The molecule has 176 valence electrons. The van der Waals surface area contributed by atoms with Crippen LogP contribution in [0.1, 0.15) is 37.2 Å². The molecule has 4 aromatic heterocycles. The number of carbonyl (C=O) groups excluding carboxylic acids is 2. The molecule has 0 radical (unpaired) electrons. The lowest BCUT2D eigenvalue weighted by atomic mass is 10.1. The second-order valence-corrected chi connectivity index (χ2v) is 9.11. The van der Waals surface area contributed by atoms with Crippen molar-refractivity contribution in [3.63, 3.8) is 0 Å². The van der Waals surface area contributed by atoms with Gasteiger partial charge < -0.3 is 15.8 Å². The Morgan fingerprint density at radius 1 is 1.32 bits per heavy atom. The van der Waals surface area contributed by atoms with Crippen molar-refractivity contribution in [2.75, 3.05) is 12.4 Å². The number of primary amides is 1. The summed E-state index contributed by atoms with van der Waals surface area (Å²) < 4.78 is 31.9. The maximum absolute atomic E-state index is 13.5. The molecule has 0 saturated heterocycles. The zero-order valence-electron chi connectivity index (χ0n) is 17.3. The van der Waals surface area contributed by atoms with Crippen molar-refractivity contribution in [3.8, 4) is 16.3 Å². The van der Waals surface area contributed by atoms with Crippen LogP contribution in [0.4, 0.5) is 20.2 Å². The van der Waals surface area contributed by atoms with Gasteiger partial charge >= 0.3 is 11.6 Å². The number of nitrogens with two attached hydrogens (primary N) is 1. The van der Waals surface area contributed by atoms with E-state index in [9.17, 15) is 28.5 Å². The standard InChI is InChI=1S/C19H14F2N6O5S2/c1-6-3-4-9(33-6)7-5-8(15(20)21)23-19-10(7)11(14(34-19)16(22)28)24-17(29)12-13(27(30)31)18(32-2)26-25-12/h3-5,15H,1-2H3,(H2,22,28)(H,24,29)(H,25,26). The first kappa shape index (κ1) is 23.2. The van der Waals surface area contributed by atoms with Crippen LogP contribution in [-0.2, 0) is 0 Å². The van der Waals surface area contributed by atoms with Gasteiger partial charge in [0.1, 0.15) is 15.4 Å². The Labute approximate surface area is 196 Å². The van der Waals surface area contributed by atoms with E-state index >= 15 is 0 Å². The second-order valence-electron chi connectivity index (χ2n) is 6.82. The summed E-state index contributed by atoms with van der Waals surface area (Å²) in [7, 11) is 1.14. The van der Waals surface area contributed by atoms with Gasteiger partial charge in [-0.25, -0.2) is 13.8 Å². The number of aryl methyl sites for hydroxylation is 1. The van der Waals surface area contributed by atoms with E-state index in [1.54, 1.807) is 12.1 Å². The first-order valence-corrected chi connectivity index (χ1v) is 11.0. The highest BCUT2D eigenvalue weighted by Crippen LogP contribution is 2.44. The van der Waals surface area contributed by atoms with Gasteiger partial charge in [-0.2, -0.15) is 0 Å². The number of ether oxygens (including phenoxy) is 1. The number of nitrogens with zero attached hydrogens (tertiary/aromatic N) is 3. The molecule has 0 spiro atoms. The summed E-state index contributed by atoms with van der Waals surface area (Å²) in [6.45, 7) is 1.83. The van der Waals surface area contributed by atoms with E-state index in [-0.39, 0.29) is 20.8 Å². The quantitative estimate of drug-likeness (QED) is 0.248. The molecular formula is C19H14F2N6O5S2. The number of alkyl halides is 2. The third-order valence-corrected chi connectivity index (χ3v) is 6.82. The van der Waals surface area contributed by atoms with Crippen LogP contribution in [0.3, 0.4) is 0 Å². The zero-order valence-corrected chi connectivity index (χ0v) is 19.0.